The second kappa shape index (κ2) is 6.80. The minimum absolute atomic E-state index is 0.125. The van der Waals surface area contributed by atoms with Gasteiger partial charge in [-0.25, -0.2) is 0 Å². The van der Waals surface area contributed by atoms with Gasteiger partial charge in [0.1, 0.15) is 0 Å². The monoisotopic (exact) mass is 297 g/mol. The molecule has 2 nitrogen and oxygen atoms in total. The van der Waals surface area contributed by atoms with E-state index < -0.39 is 0 Å². The Kier molecular flexibility index (Phi) is 5.69. The summed E-state index contributed by atoms with van der Waals surface area (Å²) in [6.45, 7) is 4.10. The molecule has 0 aliphatic rings. The molecular weight excluding hydrogens is 278 g/mol. The van der Waals surface area contributed by atoms with E-state index in [1.54, 1.807) is 0 Å². The molecule has 1 rings (SSSR count). The van der Waals surface area contributed by atoms with Crippen molar-refractivity contribution < 1.29 is 4.79 Å². The van der Waals surface area contributed by atoms with Crippen LogP contribution in [0.1, 0.15) is 32.3 Å². The van der Waals surface area contributed by atoms with Crippen molar-refractivity contribution in [3.05, 3.63) is 35.9 Å². The number of carbonyl (C=O) groups is 1. The van der Waals surface area contributed by atoms with Crippen LogP contribution in [0.2, 0.25) is 0 Å². The van der Waals surface area contributed by atoms with Crippen molar-refractivity contribution in [2.75, 3.05) is 5.33 Å². The molecule has 3 heteroatoms. The van der Waals surface area contributed by atoms with Crippen LogP contribution in [0.25, 0.3) is 0 Å². The average Bonchev–Trinajstić information content (AvgIpc) is 2.27. The third-order valence-electron chi connectivity index (χ3n) is 2.68. The van der Waals surface area contributed by atoms with Crippen molar-refractivity contribution in [3.63, 3.8) is 0 Å². The summed E-state index contributed by atoms with van der Waals surface area (Å²) in [4.78, 5) is 11.8. The van der Waals surface area contributed by atoms with E-state index in [9.17, 15) is 4.79 Å². The molecule has 0 aliphatic heterocycles. The Bertz CT molecular complexity index is 348. The second-order valence-electron chi connectivity index (χ2n) is 4.86. The zero-order valence-electron chi connectivity index (χ0n) is 10.5. The number of halogens is 1. The molecule has 0 unspecified atom stereocenters. The Hall–Kier alpha value is -0.830. The Labute approximate surface area is 112 Å². The highest BCUT2D eigenvalue weighted by Gasteiger charge is 2.18. The Balaban J connectivity index is 2.35. The Morgan fingerprint density at radius 3 is 2.53 bits per heavy atom. The Morgan fingerprint density at radius 1 is 1.29 bits per heavy atom. The van der Waals surface area contributed by atoms with Crippen LogP contribution >= 0.6 is 15.9 Å². The number of nitrogens with one attached hydrogen (secondary N) is 1. The lowest BCUT2D eigenvalue weighted by Crippen LogP contribution is -2.43. The SMILES string of the molecule is CC(C)(CCBr)NC(=O)CCc1ccccc1. The quantitative estimate of drug-likeness (QED) is 0.802. The molecule has 0 atom stereocenters. The highest BCUT2D eigenvalue weighted by Crippen LogP contribution is 2.11. The molecule has 0 spiro atoms. The molecule has 0 aromatic heterocycles. The fourth-order valence-electron chi connectivity index (χ4n) is 1.64. The number of alkyl halides is 1. The summed E-state index contributed by atoms with van der Waals surface area (Å²) in [6.07, 6.45) is 2.29. The predicted molar refractivity (Wildman–Crippen MR) is 75.4 cm³/mol. The van der Waals surface area contributed by atoms with E-state index in [0.29, 0.717) is 6.42 Å². The number of benzene rings is 1. The third-order valence-corrected chi connectivity index (χ3v) is 3.08. The van der Waals surface area contributed by atoms with Crippen molar-refractivity contribution in [1.29, 1.82) is 0 Å². The lowest BCUT2D eigenvalue weighted by Gasteiger charge is -2.25. The lowest BCUT2D eigenvalue weighted by molar-refractivity contribution is -0.122. The zero-order chi connectivity index (χ0) is 12.7. The van der Waals surface area contributed by atoms with Gasteiger partial charge in [-0.3, -0.25) is 4.79 Å². The fourth-order valence-corrected chi connectivity index (χ4v) is 2.63. The third kappa shape index (κ3) is 5.87. The summed E-state index contributed by atoms with van der Waals surface area (Å²) in [5, 5.41) is 3.96. The number of hydrogen-bond acceptors (Lipinski definition) is 1. The van der Waals surface area contributed by atoms with E-state index in [4.69, 9.17) is 0 Å². The summed E-state index contributed by atoms with van der Waals surface area (Å²) < 4.78 is 0. The highest BCUT2D eigenvalue weighted by molar-refractivity contribution is 9.09. The molecule has 0 radical (unpaired) electrons. The summed E-state index contributed by atoms with van der Waals surface area (Å²) in [6, 6.07) is 10.1. The first-order chi connectivity index (χ1) is 8.03. The van der Waals surface area contributed by atoms with Gasteiger partial charge in [0.15, 0.2) is 0 Å². The minimum atomic E-state index is -0.128. The maximum atomic E-state index is 11.8. The molecule has 1 aromatic rings. The standard InChI is InChI=1S/C14H20BrNO/c1-14(2,10-11-15)16-13(17)9-8-12-6-4-3-5-7-12/h3-7H,8-11H2,1-2H3,(H,16,17). The van der Waals surface area contributed by atoms with E-state index in [-0.39, 0.29) is 11.4 Å². The van der Waals surface area contributed by atoms with Gasteiger partial charge in [0, 0.05) is 17.3 Å². The largest absolute Gasteiger partial charge is 0.351 e. The van der Waals surface area contributed by atoms with Crippen molar-refractivity contribution in [3.8, 4) is 0 Å². The lowest BCUT2D eigenvalue weighted by atomic mass is 10.0. The van der Waals surface area contributed by atoms with Crippen LogP contribution in [-0.4, -0.2) is 16.8 Å². The molecular formula is C14H20BrNO. The maximum Gasteiger partial charge on any atom is 0.220 e. The van der Waals surface area contributed by atoms with E-state index >= 15 is 0 Å². The van der Waals surface area contributed by atoms with Crippen molar-refractivity contribution in [2.45, 2.75) is 38.6 Å². The van der Waals surface area contributed by atoms with Gasteiger partial charge in [-0.2, -0.15) is 0 Å². The number of carbonyl (C=O) groups excluding carboxylic acids is 1. The fraction of sp³-hybridized carbons (Fsp3) is 0.500. The second-order valence-corrected chi connectivity index (χ2v) is 5.65. The number of amides is 1. The summed E-state index contributed by atoms with van der Waals surface area (Å²) in [5.41, 5.74) is 1.08. The van der Waals surface area contributed by atoms with Crippen molar-refractivity contribution >= 4 is 21.8 Å². The van der Waals surface area contributed by atoms with Gasteiger partial charge in [0.2, 0.25) is 5.91 Å². The first kappa shape index (κ1) is 14.2. The van der Waals surface area contributed by atoms with Crippen LogP contribution in [0.15, 0.2) is 30.3 Å². The van der Waals surface area contributed by atoms with Gasteiger partial charge in [-0.15, -0.1) is 0 Å². The number of rotatable bonds is 6. The van der Waals surface area contributed by atoms with Crippen LogP contribution in [-0.2, 0) is 11.2 Å². The number of aryl methyl sites for hydroxylation is 1. The molecule has 1 amide bonds. The molecule has 0 fully saturated rings. The molecule has 1 aromatic carbocycles. The van der Waals surface area contributed by atoms with E-state index in [1.165, 1.54) is 5.56 Å². The first-order valence-electron chi connectivity index (χ1n) is 5.94. The van der Waals surface area contributed by atoms with Gasteiger partial charge in [0.05, 0.1) is 0 Å². The van der Waals surface area contributed by atoms with Crippen molar-refractivity contribution in [2.24, 2.45) is 0 Å². The van der Waals surface area contributed by atoms with E-state index in [0.717, 1.165) is 18.2 Å². The van der Waals surface area contributed by atoms with Crippen LogP contribution in [0.3, 0.4) is 0 Å². The minimum Gasteiger partial charge on any atom is -0.351 e. The average molecular weight is 298 g/mol. The molecule has 0 saturated heterocycles. The van der Waals surface area contributed by atoms with Gasteiger partial charge in [0.25, 0.3) is 0 Å². The molecule has 0 aliphatic carbocycles. The smallest absolute Gasteiger partial charge is 0.220 e. The molecule has 17 heavy (non-hydrogen) atoms. The van der Waals surface area contributed by atoms with Crippen LogP contribution in [0.4, 0.5) is 0 Å². The van der Waals surface area contributed by atoms with Gasteiger partial charge < -0.3 is 5.32 Å². The molecule has 0 saturated carbocycles. The predicted octanol–water partition coefficient (Wildman–Crippen LogP) is 3.30. The van der Waals surface area contributed by atoms with Crippen LogP contribution in [0, 0.1) is 0 Å². The zero-order valence-corrected chi connectivity index (χ0v) is 12.1. The first-order valence-corrected chi connectivity index (χ1v) is 7.06. The molecule has 0 heterocycles. The molecule has 1 N–H and O–H groups in total. The topological polar surface area (TPSA) is 29.1 Å². The highest BCUT2D eigenvalue weighted by atomic mass is 79.9. The summed E-state index contributed by atoms with van der Waals surface area (Å²) >= 11 is 3.40. The number of hydrogen-bond donors (Lipinski definition) is 1. The van der Waals surface area contributed by atoms with Gasteiger partial charge in [-0.1, -0.05) is 46.3 Å². The summed E-state index contributed by atoms with van der Waals surface area (Å²) in [5.74, 6) is 0.125. The normalized spacial score (nSPS) is 11.2. The Morgan fingerprint density at radius 2 is 1.94 bits per heavy atom. The van der Waals surface area contributed by atoms with Crippen LogP contribution in [0.5, 0.6) is 0 Å². The van der Waals surface area contributed by atoms with Crippen LogP contribution < -0.4 is 5.32 Å². The van der Waals surface area contributed by atoms with Crippen molar-refractivity contribution in [1.82, 2.24) is 5.32 Å². The van der Waals surface area contributed by atoms with E-state index in [1.807, 2.05) is 18.2 Å². The maximum absolute atomic E-state index is 11.8. The molecule has 94 valence electrons. The van der Waals surface area contributed by atoms with Gasteiger partial charge >= 0.3 is 0 Å². The van der Waals surface area contributed by atoms with Gasteiger partial charge in [-0.05, 0) is 32.3 Å². The van der Waals surface area contributed by atoms with E-state index in [2.05, 4.69) is 47.2 Å². The summed E-state index contributed by atoms with van der Waals surface area (Å²) in [7, 11) is 0. The molecule has 0 bridgehead atoms.